The number of hydrogen-bond donors (Lipinski definition) is 1. The van der Waals surface area contributed by atoms with Gasteiger partial charge in [0.2, 0.25) is 5.83 Å². The van der Waals surface area contributed by atoms with Gasteiger partial charge in [0.1, 0.15) is 0 Å². The van der Waals surface area contributed by atoms with Crippen LogP contribution < -0.4 is 0 Å². The summed E-state index contributed by atoms with van der Waals surface area (Å²) < 4.78 is 13.4. The Morgan fingerprint density at radius 3 is 2.53 bits per heavy atom. The summed E-state index contributed by atoms with van der Waals surface area (Å²) in [5, 5.41) is 8.99. The number of carboxylic acid groups (broad SMARTS) is 1. The van der Waals surface area contributed by atoms with Crippen LogP contribution in [0.25, 0.3) is 6.08 Å². The third-order valence-electron chi connectivity index (χ3n) is 1.52. The molecule has 6 heteroatoms. The maximum absolute atomic E-state index is 12.8. The topological polar surface area (TPSA) is 37.3 Å². The van der Waals surface area contributed by atoms with Crippen LogP contribution in [0, 0.1) is 3.57 Å². The lowest BCUT2D eigenvalue weighted by Crippen LogP contribution is -1.95. The molecular weight excluding hydrogens is 357 g/mol. The van der Waals surface area contributed by atoms with E-state index in [1.54, 1.807) is 6.07 Å². The lowest BCUT2D eigenvalue weighted by atomic mass is 10.2. The molecule has 1 N–H and O–H groups in total. The van der Waals surface area contributed by atoms with Crippen molar-refractivity contribution in [3.05, 3.63) is 37.1 Å². The van der Waals surface area contributed by atoms with Crippen molar-refractivity contribution in [2.75, 3.05) is 0 Å². The Morgan fingerprint density at radius 1 is 1.47 bits per heavy atom. The number of carboxylic acids is 1. The molecular formula is C9H4Cl2FIO2. The summed E-state index contributed by atoms with van der Waals surface area (Å²) in [7, 11) is 0. The lowest BCUT2D eigenvalue weighted by Gasteiger charge is -2.02. The maximum atomic E-state index is 12.8. The normalized spacial score (nSPS) is 11.6. The molecule has 0 saturated carbocycles. The molecule has 0 atom stereocenters. The van der Waals surface area contributed by atoms with Crippen molar-refractivity contribution in [3.8, 4) is 0 Å². The van der Waals surface area contributed by atoms with Crippen LogP contribution in [0.3, 0.4) is 0 Å². The zero-order valence-electron chi connectivity index (χ0n) is 7.10. The van der Waals surface area contributed by atoms with Crippen LogP contribution in [0.4, 0.5) is 4.39 Å². The lowest BCUT2D eigenvalue weighted by molar-refractivity contribution is -0.134. The van der Waals surface area contributed by atoms with Gasteiger partial charge in [-0.25, -0.2) is 4.79 Å². The minimum absolute atomic E-state index is 0.211. The first-order chi connectivity index (χ1) is 6.91. The molecule has 0 aliphatic carbocycles. The van der Waals surface area contributed by atoms with E-state index >= 15 is 0 Å². The van der Waals surface area contributed by atoms with Crippen LogP contribution in [0.5, 0.6) is 0 Å². The third-order valence-corrected chi connectivity index (χ3v) is 2.94. The predicted octanol–water partition coefficient (Wildman–Crippen LogP) is 3.99. The quantitative estimate of drug-likeness (QED) is 0.639. The molecule has 1 aromatic carbocycles. The van der Waals surface area contributed by atoms with Crippen LogP contribution in [0.15, 0.2) is 18.0 Å². The maximum Gasteiger partial charge on any atom is 0.364 e. The predicted molar refractivity (Wildman–Crippen MR) is 65.9 cm³/mol. The molecule has 0 unspecified atom stereocenters. The van der Waals surface area contributed by atoms with Crippen molar-refractivity contribution in [1.82, 2.24) is 0 Å². The van der Waals surface area contributed by atoms with Gasteiger partial charge >= 0.3 is 5.97 Å². The number of carbonyl (C=O) groups is 1. The Labute approximate surface area is 109 Å². The Kier molecular flexibility index (Phi) is 4.36. The van der Waals surface area contributed by atoms with Crippen molar-refractivity contribution in [2.24, 2.45) is 0 Å². The number of halogens is 4. The van der Waals surface area contributed by atoms with E-state index < -0.39 is 11.8 Å². The molecule has 0 heterocycles. The highest BCUT2D eigenvalue weighted by molar-refractivity contribution is 14.1. The summed E-state index contributed by atoms with van der Waals surface area (Å²) in [5.74, 6) is -2.89. The zero-order chi connectivity index (χ0) is 11.6. The Morgan fingerprint density at radius 2 is 2.07 bits per heavy atom. The zero-order valence-corrected chi connectivity index (χ0v) is 10.8. The van der Waals surface area contributed by atoms with Crippen LogP contribution >= 0.6 is 45.8 Å². The fourth-order valence-electron chi connectivity index (χ4n) is 0.880. The second-order valence-corrected chi connectivity index (χ2v) is 4.59. The number of benzene rings is 1. The molecule has 0 aromatic heterocycles. The van der Waals surface area contributed by atoms with Crippen molar-refractivity contribution in [3.63, 3.8) is 0 Å². The van der Waals surface area contributed by atoms with Gasteiger partial charge < -0.3 is 5.11 Å². The first kappa shape index (κ1) is 12.7. The summed E-state index contributed by atoms with van der Waals surface area (Å²) in [5.41, 5.74) is 0.307. The minimum Gasteiger partial charge on any atom is -0.476 e. The van der Waals surface area contributed by atoms with Crippen LogP contribution in [0.2, 0.25) is 10.0 Å². The highest BCUT2D eigenvalue weighted by Crippen LogP contribution is 2.28. The molecule has 0 bridgehead atoms. The molecule has 0 aliphatic heterocycles. The molecule has 80 valence electrons. The summed E-state index contributed by atoms with van der Waals surface area (Å²) in [4.78, 5) is 10.3. The van der Waals surface area contributed by atoms with E-state index in [2.05, 4.69) is 0 Å². The largest absolute Gasteiger partial charge is 0.476 e. The molecule has 0 fully saturated rings. The van der Waals surface area contributed by atoms with Gasteiger partial charge in [-0.15, -0.1) is 0 Å². The van der Waals surface area contributed by atoms with E-state index in [4.69, 9.17) is 28.3 Å². The molecule has 0 spiro atoms. The van der Waals surface area contributed by atoms with E-state index in [0.717, 1.165) is 6.08 Å². The number of rotatable bonds is 2. The fourth-order valence-corrected chi connectivity index (χ4v) is 2.55. The minimum atomic E-state index is -1.63. The highest BCUT2D eigenvalue weighted by atomic mass is 127. The Bertz CT molecular complexity index is 423. The molecule has 0 saturated heterocycles. The molecule has 1 aromatic rings. The van der Waals surface area contributed by atoms with Gasteiger partial charge in [0.15, 0.2) is 0 Å². The molecule has 2 nitrogen and oxygen atoms in total. The monoisotopic (exact) mass is 360 g/mol. The molecule has 15 heavy (non-hydrogen) atoms. The van der Waals surface area contributed by atoms with E-state index in [1.165, 1.54) is 6.07 Å². The van der Waals surface area contributed by atoms with Gasteiger partial charge in [0.05, 0.1) is 5.02 Å². The van der Waals surface area contributed by atoms with E-state index in [0.29, 0.717) is 14.2 Å². The van der Waals surface area contributed by atoms with Gasteiger partial charge in [-0.3, -0.25) is 0 Å². The smallest absolute Gasteiger partial charge is 0.364 e. The van der Waals surface area contributed by atoms with E-state index in [-0.39, 0.29) is 5.02 Å². The fraction of sp³-hybridized carbons (Fsp3) is 0. The van der Waals surface area contributed by atoms with E-state index in [9.17, 15) is 9.18 Å². The van der Waals surface area contributed by atoms with Crippen molar-refractivity contribution in [1.29, 1.82) is 0 Å². The first-order valence-corrected chi connectivity index (χ1v) is 5.50. The first-order valence-electron chi connectivity index (χ1n) is 3.67. The second-order valence-electron chi connectivity index (χ2n) is 2.58. The summed E-state index contributed by atoms with van der Waals surface area (Å²) in [6, 6.07) is 2.99. The second kappa shape index (κ2) is 5.14. The average Bonchev–Trinajstić information content (AvgIpc) is 2.10. The summed E-state index contributed by atoms with van der Waals surface area (Å²) in [6.07, 6.45) is 0.864. The number of hydrogen-bond acceptors (Lipinski definition) is 1. The SMILES string of the molecule is O=C(O)C(F)=Cc1c(Cl)cc(Cl)cc1I. The Balaban J connectivity index is 3.27. The average molecular weight is 361 g/mol. The third kappa shape index (κ3) is 3.32. The molecule has 1 rings (SSSR count). The van der Waals surface area contributed by atoms with Crippen LogP contribution in [-0.2, 0) is 4.79 Å². The van der Waals surface area contributed by atoms with Gasteiger partial charge in [-0.2, -0.15) is 4.39 Å². The van der Waals surface area contributed by atoms with Gasteiger partial charge in [0.25, 0.3) is 0 Å². The number of aliphatic carboxylic acids is 1. The Hall–Kier alpha value is -0.330. The van der Waals surface area contributed by atoms with Gasteiger partial charge in [0, 0.05) is 14.2 Å². The van der Waals surface area contributed by atoms with Crippen molar-refractivity contribution in [2.45, 2.75) is 0 Å². The molecule has 0 amide bonds. The van der Waals surface area contributed by atoms with Crippen LogP contribution in [0.1, 0.15) is 5.56 Å². The van der Waals surface area contributed by atoms with Crippen molar-refractivity contribution < 1.29 is 14.3 Å². The molecule has 0 radical (unpaired) electrons. The molecule has 0 aliphatic rings. The summed E-state index contributed by atoms with van der Waals surface area (Å²) >= 11 is 13.4. The summed E-state index contributed by atoms with van der Waals surface area (Å²) in [6.45, 7) is 0. The van der Waals surface area contributed by atoms with Gasteiger partial charge in [-0.05, 0) is 40.8 Å². The van der Waals surface area contributed by atoms with Crippen molar-refractivity contribution >= 4 is 57.8 Å². The van der Waals surface area contributed by atoms with E-state index in [1.807, 2.05) is 22.6 Å². The standard InChI is InChI=1S/C9H4Cl2FIO2/c10-4-1-6(11)5(8(13)2-4)3-7(12)9(14)15/h1-3H,(H,14,15). The highest BCUT2D eigenvalue weighted by Gasteiger charge is 2.10. The van der Waals surface area contributed by atoms with Crippen LogP contribution in [-0.4, -0.2) is 11.1 Å². The van der Waals surface area contributed by atoms with Gasteiger partial charge in [-0.1, -0.05) is 23.2 Å².